The van der Waals surface area contributed by atoms with Gasteiger partial charge in [-0.05, 0) is 25.3 Å². The maximum atomic E-state index is 5.67. The van der Waals surface area contributed by atoms with Crippen LogP contribution in [0.3, 0.4) is 0 Å². The lowest BCUT2D eigenvalue weighted by molar-refractivity contribution is -0.158. The molecule has 3 heterocycles. The van der Waals surface area contributed by atoms with Crippen LogP contribution >= 0.6 is 0 Å². The van der Waals surface area contributed by atoms with Gasteiger partial charge in [0.15, 0.2) is 0 Å². The van der Waals surface area contributed by atoms with E-state index >= 15 is 0 Å². The van der Waals surface area contributed by atoms with E-state index in [9.17, 15) is 0 Å². The molecule has 0 unspecified atom stereocenters. The topological polar surface area (TPSA) is 64.3 Å². The predicted octanol–water partition coefficient (Wildman–Crippen LogP) is 0.818. The molecule has 2 aliphatic heterocycles. The van der Waals surface area contributed by atoms with Crippen LogP contribution < -0.4 is 10.6 Å². The van der Waals surface area contributed by atoms with Crippen molar-refractivity contribution in [2.75, 3.05) is 30.3 Å². The Hall–Kier alpha value is -1.36. The number of aromatic nitrogens is 2. The van der Waals surface area contributed by atoms with Gasteiger partial charge in [-0.1, -0.05) is 0 Å². The molecule has 16 heavy (non-hydrogen) atoms. The summed E-state index contributed by atoms with van der Waals surface area (Å²) in [7, 11) is 0. The Morgan fingerprint density at radius 1 is 1.31 bits per heavy atom. The van der Waals surface area contributed by atoms with Gasteiger partial charge in [-0.25, -0.2) is 4.98 Å². The number of nitrogen functional groups attached to an aromatic ring is 1. The van der Waals surface area contributed by atoms with Crippen LogP contribution in [0, 0.1) is 0 Å². The number of ether oxygens (including phenoxy) is 1. The van der Waals surface area contributed by atoms with Gasteiger partial charge in [-0.3, -0.25) is 0 Å². The molecule has 0 amide bonds. The van der Waals surface area contributed by atoms with E-state index in [1.54, 1.807) is 12.3 Å². The van der Waals surface area contributed by atoms with Crippen LogP contribution in [-0.2, 0) is 4.74 Å². The van der Waals surface area contributed by atoms with Gasteiger partial charge >= 0.3 is 0 Å². The summed E-state index contributed by atoms with van der Waals surface area (Å²) in [5.41, 5.74) is 5.83. The molecule has 86 valence electrons. The van der Waals surface area contributed by atoms with Crippen LogP contribution in [-0.4, -0.2) is 35.3 Å². The number of nitrogens with two attached hydrogens (primary N) is 1. The number of nitrogens with zero attached hydrogens (tertiary/aromatic N) is 3. The largest absolute Gasteiger partial charge is 0.384 e. The molecule has 5 nitrogen and oxygen atoms in total. The Kier molecular flexibility index (Phi) is 2.21. The fraction of sp³-hybridized carbons (Fsp3) is 0.636. The van der Waals surface area contributed by atoms with Gasteiger partial charge in [-0.15, -0.1) is 0 Å². The van der Waals surface area contributed by atoms with Gasteiger partial charge in [-0.2, -0.15) is 4.98 Å². The van der Waals surface area contributed by atoms with Gasteiger partial charge in [0.05, 0.1) is 12.2 Å². The van der Waals surface area contributed by atoms with E-state index in [0.717, 1.165) is 38.5 Å². The van der Waals surface area contributed by atoms with Gasteiger partial charge in [0.2, 0.25) is 5.95 Å². The van der Waals surface area contributed by atoms with Crippen molar-refractivity contribution in [2.24, 2.45) is 0 Å². The standard InChI is InChI=1S/C11H16N4O/c12-9-1-5-13-10(14-9)15-6-2-11(3-7-15)4-8-16-11/h1,5H,2-4,6-8H2,(H2,12,13,14). The highest BCUT2D eigenvalue weighted by Gasteiger charge is 2.41. The van der Waals surface area contributed by atoms with Crippen molar-refractivity contribution in [1.82, 2.24) is 9.97 Å². The molecule has 2 saturated heterocycles. The van der Waals surface area contributed by atoms with Gasteiger partial charge < -0.3 is 15.4 Å². The molecule has 0 bridgehead atoms. The van der Waals surface area contributed by atoms with Crippen LogP contribution in [0.5, 0.6) is 0 Å². The maximum absolute atomic E-state index is 5.67. The van der Waals surface area contributed by atoms with Crippen molar-refractivity contribution in [3.63, 3.8) is 0 Å². The molecule has 3 rings (SSSR count). The maximum Gasteiger partial charge on any atom is 0.227 e. The van der Waals surface area contributed by atoms with E-state index in [4.69, 9.17) is 10.5 Å². The summed E-state index contributed by atoms with van der Waals surface area (Å²) < 4.78 is 5.67. The third-order valence-corrected chi connectivity index (χ3v) is 3.59. The second kappa shape index (κ2) is 3.59. The molecule has 0 aromatic carbocycles. The molecule has 1 aromatic rings. The fourth-order valence-corrected chi connectivity index (χ4v) is 2.41. The summed E-state index contributed by atoms with van der Waals surface area (Å²) >= 11 is 0. The van der Waals surface area contributed by atoms with Gasteiger partial charge in [0.1, 0.15) is 5.82 Å². The molecule has 5 heteroatoms. The molecule has 2 aliphatic rings. The van der Waals surface area contributed by atoms with E-state index in [0.29, 0.717) is 5.82 Å². The van der Waals surface area contributed by atoms with Crippen molar-refractivity contribution in [3.05, 3.63) is 12.3 Å². The highest BCUT2D eigenvalue weighted by Crippen LogP contribution is 2.37. The lowest BCUT2D eigenvalue weighted by Crippen LogP contribution is -2.52. The first-order valence-electron chi connectivity index (χ1n) is 5.75. The minimum absolute atomic E-state index is 0.177. The van der Waals surface area contributed by atoms with Crippen molar-refractivity contribution in [2.45, 2.75) is 24.9 Å². The van der Waals surface area contributed by atoms with E-state index in [1.807, 2.05) is 0 Å². The number of piperidine rings is 1. The minimum Gasteiger partial charge on any atom is -0.384 e. The number of rotatable bonds is 1. The first-order valence-corrected chi connectivity index (χ1v) is 5.75. The average Bonchev–Trinajstić information content (AvgIpc) is 2.27. The molecule has 2 fully saturated rings. The quantitative estimate of drug-likeness (QED) is 0.759. The summed E-state index contributed by atoms with van der Waals surface area (Å²) in [5.74, 6) is 1.28. The van der Waals surface area contributed by atoms with Crippen LogP contribution in [0.2, 0.25) is 0 Å². The van der Waals surface area contributed by atoms with Crippen molar-refractivity contribution in [1.29, 1.82) is 0 Å². The third kappa shape index (κ3) is 1.61. The smallest absolute Gasteiger partial charge is 0.227 e. The zero-order valence-corrected chi connectivity index (χ0v) is 9.22. The summed E-state index contributed by atoms with van der Waals surface area (Å²) in [4.78, 5) is 10.7. The van der Waals surface area contributed by atoms with E-state index in [-0.39, 0.29) is 5.60 Å². The molecular formula is C11H16N4O. The van der Waals surface area contributed by atoms with Crippen LogP contribution in [0.4, 0.5) is 11.8 Å². The van der Waals surface area contributed by atoms with Crippen molar-refractivity contribution < 1.29 is 4.74 Å². The van der Waals surface area contributed by atoms with Crippen LogP contribution in [0.15, 0.2) is 12.3 Å². The molecule has 1 spiro atoms. The Labute approximate surface area is 94.6 Å². The van der Waals surface area contributed by atoms with Gasteiger partial charge in [0.25, 0.3) is 0 Å². The SMILES string of the molecule is Nc1ccnc(N2CCC3(CCO3)CC2)n1. The summed E-state index contributed by atoms with van der Waals surface area (Å²) in [6.07, 6.45) is 5.07. The fourth-order valence-electron chi connectivity index (χ4n) is 2.41. The first kappa shape index (κ1) is 9.84. The van der Waals surface area contributed by atoms with Crippen LogP contribution in [0.25, 0.3) is 0 Å². The predicted molar refractivity (Wildman–Crippen MR) is 61.2 cm³/mol. The molecular weight excluding hydrogens is 204 g/mol. The monoisotopic (exact) mass is 220 g/mol. The van der Waals surface area contributed by atoms with E-state index in [2.05, 4.69) is 14.9 Å². The van der Waals surface area contributed by atoms with E-state index in [1.165, 1.54) is 6.42 Å². The Morgan fingerprint density at radius 3 is 2.62 bits per heavy atom. The highest BCUT2D eigenvalue weighted by atomic mass is 16.5. The highest BCUT2D eigenvalue weighted by molar-refractivity contribution is 5.38. The van der Waals surface area contributed by atoms with Gasteiger partial charge in [0, 0.05) is 19.3 Å². The summed E-state index contributed by atoms with van der Waals surface area (Å²) in [6.45, 7) is 2.85. The third-order valence-electron chi connectivity index (χ3n) is 3.59. The number of hydrogen-bond acceptors (Lipinski definition) is 5. The number of anilines is 2. The van der Waals surface area contributed by atoms with Crippen molar-refractivity contribution >= 4 is 11.8 Å². The average molecular weight is 220 g/mol. The van der Waals surface area contributed by atoms with Crippen molar-refractivity contribution in [3.8, 4) is 0 Å². The second-order valence-electron chi connectivity index (χ2n) is 4.55. The molecule has 1 aromatic heterocycles. The molecule has 2 N–H and O–H groups in total. The second-order valence-corrected chi connectivity index (χ2v) is 4.55. The Bertz CT molecular complexity index is 381. The zero-order valence-electron chi connectivity index (χ0n) is 9.22. The minimum atomic E-state index is 0.177. The number of hydrogen-bond donors (Lipinski definition) is 1. The van der Waals surface area contributed by atoms with Crippen LogP contribution in [0.1, 0.15) is 19.3 Å². The molecule has 0 saturated carbocycles. The Morgan fingerprint density at radius 2 is 2.06 bits per heavy atom. The molecule has 0 atom stereocenters. The van der Waals surface area contributed by atoms with E-state index < -0.39 is 0 Å². The lowest BCUT2D eigenvalue weighted by atomic mass is 9.84. The lowest BCUT2D eigenvalue weighted by Gasteiger charge is -2.47. The zero-order chi connectivity index (χ0) is 11.0. The molecule has 0 radical (unpaired) electrons. The normalized spacial score (nSPS) is 23.1. The first-order chi connectivity index (χ1) is 7.77. The molecule has 0 aliphatic carbocycles. The summed E-state index contributed by atoms with van der Waals surface area (Å²) in [6, 6.07) is 1.71. The summed E-state index contributed by atoms with van der Waals surface area (Å²) in [5, 5.41) is 0. The Balaban J connectivity index is 1.69.